The number of rotatable bonds is 32. The molecule has 1 atom stereocenters. The lowest BCUT2D eigenvalue weighted by Crippen LogP contribution is -2.28. The molecule has 0 rings (SSSR count). The van der Waals surface area contributed by atoms with Crippen LogP contribution in [0.2, 0.25) is 0 Å². The van der Waals surface area contributed by atoms with Gasteiger partial charge in [-0.1, -0.05) is 128 Å². The Balaban J connectivity index is 3.59. The predicted molar refractivity (Wildman–Crippen MR) is 178 cm³/mol. The smallest absolute Gasteiger partial charge is 0.306 e. The van der Waals surface area contributed by atoms with E-state index in [1.807, 2.05) is 0 Å². The molecule has 0 amide bonds. The molecule has 42 heavy (non-hydrogen) atoms. The monoisotopic (exact) mass is 593 g/mol. The summed E-state index contributed by atoms with van der Waals surface area (Å²) < 4.78 is 10.6. The summed E-state index contributed by atoms with van der Waals surface area (Å²) >= 11 is 0. The van der Waals surface area contributed by atoms with Gasteiger partial charge in [0, 0.05) is 12.8 Å². The standard InChI is InChI=1S/C37H68O5/c1-3-5-7-9-11-13-15-17-18-19-20-22-24-26-28-30-32-37(40)42-35(33-38)34-41-36(39)31-29-27-25-23-21-16-14-12-10-8-6-4-2/h12,14,18-19,35,38H,3-11,13,15-17,20-34H2,1-2H3/b14-12-,19-18-. The van der Waals surface area contributed by atoms with Crippen LogP contribution in [0.3, 0.4) is 0 Å². The highest BCUT2D eigenvalue weighted by molar-refractivity contribution is 5.70. The van der Waals surface area contributed by atoms with Crippen LogP contribution >= 0.6 is 0 Å². The SMILES string of the molecule is CCCCC/C=C\CCCCCCCC(=O)OCC(CO)OC(=O)CCCCCCC/C=C\CCCCCCCCC. The zero-order chi connectivity index (χ0) is 30.8. The molecule has 0 heterocycles. The summed E-state index contributed by atoms with van der Waals surface area (Å²) in [7, 11) is 0. The van der Waals surface area contributed by atoms with Crippen molar-refractivity contribution in [2.75, 3.05) is 13.2 Å². The van der Waals surface area contributed by atoms with E-state index in [0.717, 1.165) is 51.4 Å². The highest BCUT2D eigenvalue weighted by atomic mass is 16.6. The van der Waals surface area contributed by atoms with E-state index in [9.17, 15) is 14.7 Å². The van der Waals surface area contributed by atoms with Crippen LogP contribution in [-0.4, -0.2) is 36.4 Å². The molecule has 0 fully saturated rings. The molecule has 1 N–H and O–H groups in total. The van der Waals surface area contributed by atoms with Crippen LogP contribution in [0.1, 0.15) is 181 Å². The van der Waals surface area contributed by atoms with E-state index in [1.54, 1.807) is 0 Å². The molecule has 0 saturated heterocycles. The number of hydrogen-bond donors (Lipinski definition) is 1. The molecule has 0 aliphatic heterocycles. The molecule has 0 bridgehead atoms. The number of hydrogen-bond acceptors (Lipinski definition) is 5. The van der Waals surface area contributed by atoms with Gasteiger partial charge in [0.25, 0.3) is 0 Å². The number of aliphatic hydroxyl groups is 1. The van der Waals surface area contributed by atoms with Gasteiger partial charge in [0.2, 0.25) is 0 Å². The van der Waals surface area contributed by atoms with Gasteiger partial charge in [-0.15, -0.1) is 0 Å². The normalized spacial score (nSPS) is 12.4. The minimum atomic E-state index is -0.774. The Morgan fingerprint density at radius 3 is 1.33 bits per heavy atom. The fraction of sp³-hybridized carbons (Fsp3) is 0.838. The third-order valence-corrected chi connectivity index (χ3v) is 7.72. The van der Waals surface area contributed by atoms with Gasteiger partial charge in [0.15, 0.2) is 6.10 Å². The van der Waals surface area contributed by atoms with E-state index in [4.69, 9.17) is 9.47 Å². The molecule has 5 heteroatoms. The molecule has 0 aliphatic rings. The van der Waals surface area contributed by atoms with Gasteiger partial charge in [-0.3, -0.25) is 9.59 Å². The summed E-state index contributed by atoms with van der Waals surface area (Å²) in [6.07, 6.45) is 38.0. The summed E-state index contributed by atoms with van der Waals surface area (Å²) in [6, 6.07) is 0. The predicted octanol–water partition coefficient (Wildman–Crippen LogP) is 10.7. The van der Waals surface area contributed by atoms with E-state index in [-0.39, 0.29) is 25.2 Å². The second-order valence-electron chi connectivity index (χ2n) is 11.9. The minimum absolute atomic E-state index is 0.0713. The number of carbonyl (C=O) groups excluding carboxylic acids is 2. The van der Waals surface area contributed by atoms with Crippen LogP contribution in [0.25, 0.3) is 0 Å². The van der Waals surface area contributed by atoms with Crippen LogP contribution < -0.4 is 0 Å². The average molecular weight is 593 g/mol. The summed E-state index contributed by atoms with van der Waals surface area (Å²) in [4.78, 5) is 24.1. The lowest BCUT2D eigenvalue weighted by Gasteiger charge is -2.15. The number of esters is 2. The maximum absolute atomic E-state index is 12.1. The Hall–Kier alpha value is -1.62. The molecule has 0 radical (unpaired) electrons. The van der Waals surface area contributed by atoms with Crippen molar-refractivity contribution in [3.63, 3.8) is 0 Å². The molecule has 5 nitrogen and oxygen atoms in total. The molecule has 1 unspecified atom stereocenters. The Kier molecular flexibility index (Phi) is 32.6. The van der Waals surface area contributed by atoms with E-state index in [2.05, 4.69) is 38.2 Å². The van der Waals surface area contributed by atoms with Crippen LogP contribution in [0, 0.1) is 0 Å². The number of aliphatic hydroxyl groups excluding tert-OH is 1. The van der Waals surface area contributed by atoms with Crippen LogP contribution in [0.5, 0.6) is 0 Å². The maximum atomic E-state index is 12.1. The fourth-order valence-corrected chi connectivity index (χ4v) is 4.95. The summed E-state index contributed by atoms with van der Waals surface area (Å²) in [5.74, 6) is -0.610. The Morgan fingerprint density at radius 1 is 0.524 bits per heavy atom. The first-order valence-electron chi connectivity index (χ1n) is 17.9. The molecular weight excluding hydrogens is 524 g/mol. The van der Waals surface area contributed by atoms with Gasteiger partial charge < -0.3 is 14.6 Å². The van der Waals surface area contributed by atoms with Crippen molar-refractivity contribution in [1.82, 2.24) is 0 Å². The Morgan fingerprint density at radius 2 is 0.881 bits per heavy atom. The van der Waals surface area contributed by atoms with Crippen molar-refractivity contribution in [1.29, 1.82) is 0 Å². The summed E-state index contributed by atoms with van der Waals surface area (Å²) in [5.41, 5.74) is 0. The van der Waals surface area contributed by atoms with Crippen molar-refractivity contribution < 1.29 is 24.2 Å². The first kappa shape index (κ1) is 40.4. The topological polar surface area (TPSA) is 72.8 Å². The van der Waals surface area contributed by atoms with E-state index < -0.39 is 6.10 Å². The summed E-state index contributed by atoms with van der Waals surface area (Å²) in [5, 5.41) is 9.51. The third kappa shape index (κ3) is 31.3. The number of unbranched alkanes of at least 4 members (excludes halogenated alkanes) is 20. The molecular formula is C37H68O5. The number of carbonyl (C=O) groups is 2. The molecule has 0 aromatic heterocycles. The lowest BCUT2D eigenvalue weighted by atomic mass is 10.1. The maximum Gasteiger partial charge on any atom is 0.306 e. The first-order valence-corrected chi connectivity index (χ1v) is 17.9. The zero-order valence-corrected chi connectivity index (χ0v) is 27.8. The minimum Gasteiger partial charge on any atom is -0.462 e. The van der Waals surface area contributed by atoms with Gasteiger partial charge in [-0.25, -0.2) is 0 Å². The molecule has 0 saturated carbocycles. The number of ether oxygens (including phenoxy) is 2. The molecule has 0 aliphatic carbocycles. The van der Waals surface area contributed by atoms with Gasteiger partial charge in [0.1, 0.15) is 6.61 Å². The molecule has 0 aromatic rings. The second kappa shape index (κ2) is 33.9. The molecule has 246 valence electrons. The molecule has 0 aromatic carbocycles. The van der Waals surface area contributed by atoms with Crippen LogP contribution in [-0.2, 0) is 19.1 Å². The van der Waals surface area contributed by atoms with Crippen molar-refractivity contribution >= 4 is 11.9 Å². The average Bonchev–Trinajstić information content (AvgIpc) is 2.99. The van der Waals surface area contributed by atoms with Crippen LogP contribution in [0.4, 0.5) is 0 Å². The fourth-order valence-electron chi connectivity index (χ4n) is 4.95. The van der Waals surface area contributed by atoms with Crippen molar-refractivity contribution in [3.8, 4) is 0 Å². The van der Waals surface area contributed by atoms with E-state index in [0.29, 0.717) is 12.8 Å². The van der Waals surface area contributed by atoms with Crippen molar-refractivity contribution in [3.05, 3.63) is 24.3 Å². The quantitative estimate of drug-likeness (QED) is 0.0478. The Labute approximate surface area is 260 Å². The van der Waals surface area contributed by atoms with Gasteiger partial charge in [-0.05, 0) is 64.2 Å². The third-order valence-electron chi connectivity index (χ3n) is 7.72. The second-order valence-corrected chi connectivity index (χ2v) is 11.9. The lowest BCUT2D eigenvalue weighted by molar-refractivity contribution is -0.161. The zero-order valence-electron chi connectivity index (χ0n) is 27.8. The highest BCUT2D eigenvalue weighted by Crippen LogP contribution is 2.12. The van der Waals surface area contributed by atoms with Gasteiger partial charge >= 0.3 is 11.9 Å². The van der Waals surface area contributed by atoms with E-state index >= 15 is 0 Å². The summed E-state index contributed by atoms with van der Waals surface area (Å²) in [6.45, 7) is 4.09. The van der Waals surface area contributed by atoms with Crippen molar-refractivity contribution in [2.24, 2.45) is 0 Å². The van der Waals surface area contributed by atoms with Gasteiger partial charge in [-0.2, -0.15) is 0 Å². The largest absolute Gasteiger partial charge is 0.462 e. The van der Waals surface area contributed by atoms with Crippen LogP contribution in [0.15, 0.2) is 24.3 Å². The Bertz CT molecular complexity index is 642. The van der Waals surface area contributed by atoms with Crippen molar-refractivity contribution in [2.45, 2.75) is 187 Å². The van der Waals surface area contributed by atoms with E-state index in [1.165, 1.54) is 103 Å². The highest BCUT2D eigenvalue weighted by Gasteiger charge is 2.16. The molecule has 0 spiro atoms. The number of allylic oxidation sites excluding steroid dienone is 4. The van der Waals surface area contributed by atoms with Gasteiger partial charge in [0.05, 0.1) is 6.61 Å². The first-order chi connectivity index (χ1) is 20.6.